The number of nitrogens with one attached hydrogen (secondary N) is 1. The molecule has 28 heavy (non-hydrogen) atoms. The van der Waals surface area contributed by atoms with Crippen molar-refractivity contribution < 1.29 is 19.1 Å². The Bertz CT molecular complexity index is 1050. The van der Waals surface area contributed by atoms with Gasteiger partial charge in [-0.05, 0) is 30.5 Å². The van der Waals surface area contributed by atoms with Crippen LogP contribution in [0.3, 0.4) is 0 Å². The first-order valence-corrected chi connectivity index (χ1v) is 9.14. The number of aromatic nitrogens is 2. The lowest BCUT2D eigenvalue weighted by molar-refractivity contribution is 0.0981. The Morgan fingerprint density at radius 2 is 2.04 bits per heavy atom. The first-order valence-electron chi connectivity index (χ1n) is 9.14. The molecule has 2 atom stereocenters. The van der Waals surface area contributed by atoms with Crippen LogP contribution in [0.15, 0.2) is 54.7 Å². The molecule has 1 aromatic carbocycles. The van der Waals surface area contributed by atoms with E-state index in [-0.39, 0.29) is 12.6 Å². The maximum atomic E-state index is 12.4. The highest BCUT2D eigenvalue weighted by molar-refractivity contribution is 5.77. The lowest BCUT2D eigenvalue weighted by Crippen LogP contribution is -2.49. The van der Waals surface area contributed by atoms with Gasteiger partial charge in [0.1, 0.15) is 6.61 Å². The quantitative estimate of drug-likeness (QED) is 0.757. The second-order valence-corrected chi connectivity index (χ2v) is 6.84. The van der Waals surface area contributed by atoms with Crippen LogP contribution in [-0.4, -0.2) is 32.9 Å². The molecule has 0 saturated carbocycles. The molecular weight excluding hydrogens is 360 g/mol. The Morgan fingerprint density at radius 1 is 1.21 bits per heavy atom. The standard InChI is InChI=1S/C20H18N4O4/c25-19(27-12-13-6-2-1-3-7-13)22-24-16-10-9-14-17(18(16)28-20(24)26)15-8-4-5-11-23(15)21-14/h1-8,11,16,18H,9-10,12H2,(H,22,25)/t16-,18-/m0/s1. The molecule has 0 bridgehead atoms. The maximum absolute atomic E-state index is 12.4. The van der Waals surface area contributed by atoms with Crippen molar-refractivity contribution in [2.24, 2.45) is 0 Å². The van der Waals surface area contributed by atoms with Gasteiger partial charge in [-0.3, -0.25) is 0 Å². The van der Waals surface area contributed by atoms with Gasteiger partial charge < -0.3 is 9.47 Å². The fraction of sp³-hybridized carbons (Fsp3) is 0.250. The summed E-state index contributed by atoms with van der Waals surface area (Å²) in [4.78, 5) is 24.6. The van der Waals surface area contributed by atoms with Gasteiger partial charge in [0.25, 0.3) is 0 Å². The minimum atomic E-state index is -0.688. The van der Waals surface area contributed by atoms with Crippen LogP contribution in [-0.2, 0) is 22.5 Å². The van der Waals surface area contributed by atoms with E-state index in [0.29, 0.717) is 12.8 Å². The summed E-state index contributed by atoms with van der Waals surface area (Å²) in [6.07, 6.45) is 1.47. The fourth-order valence-corrected chi connectivity index (χ4v) is 3.87. The minimum absolute atomic E-state index is 0.127. The van der Waals surface area contributed by atoms with Gasteiger partial charge in [0.2, 0.25) is 0 Å². The van der Waals surface area contributed by atoms with Crippen molar-refractivity contribution in [1.29, 1.82) is 0 Å². The van der Waals surface area contributed by atoms with E-state index in [9.17, 15) is 9.59 Å². The summed E-state index contributed by atoms with van der Waals surface area (Å²) in [5.41, 5.74) is 6.15. The number of aryl methyl sites for hydroxylation is 1. The molecule has 142 valence electrons. The van der Waals surface area contributed by atoms with Crippen LogP contribution < -0.4 is 5.43 Å². The van der Waals surface area contributed by atoms with Crippen LogP contribution in [0.2, 0.25) is 0 Å². The van der Waals surface area contributed by atoms with Gasteiger partial charge in [0.05, 0.1) is 17.3 Å². The van der Waals surface area contributed by atoms with Crippen molar-refractivity contribution in [2.45, 2.75) is 31.6 Å². The second kappa shape index (κ2) is 6.56. The topological polar surface area (TPSA) is 85.2 Å². The molecule has 8 nitrogen and oxygen atoms in total. The average Bonchev–Trinajstić information content (AvgIpc) is 3.25. The van der Waals surface area contributed by atoms with Crippen LogP contribution in [0.1, 0.15) is 29.3 Å². The Morgan fingerprint density at radius 3 is 2.89 bits per heavy atom. The molecule has 5 rings (SSSR count). The van der Waals surface area contributed by atoms with Gasteiger partial charge >= 0.3 is 12.2 Å². The molecule has 2 amide bonds. The third-order valence-electron chi connectivity index (χ3n) is 5.15. The van der Waals surface area contributed by atoms with E-state index in [4.69, 9.17) is 9.47 Å². The largest absolute Gasteiger partial charge is 0.443 e. The molecule has 3 heterocycles. The number of pyridine rings is 1. The van der Waals surface area contributed by atoms with E-state index < -0.39 is 18.3 Å². The maximum Gasteiger partial charge on any atom is 0.429 e. The van der Waals surface area contributed by atoms with Gasteiger partial charge in [-0.1, -0.05) is 36.4 Å². The van der Waals surface area contributed by atoms with E-state index in [1.165, 1.54) is 5.01 Å². The number of carbonyl (C=O) groups is 2. The van der Waals surface area contributed by atoms with Crippen molar-refractivity contribution in [3.05, 3.63) is 71.5 Å². The van der Waals surface area contributed by atoms with Gasteiger partial charge in [-0.2, -0.15) is 5.10 Å². The molecule has 3 aromatic rings. The van der Waals surface area contributed by atoms with Crippen LogP contribution in [0.4, 0.5) is 9.59 Å². The summed E-state index contributed by atoms with van der Waals surface area (Å²) in [6.45, 7) is 0.127. The first-order chi connectivity index (χ1) is 13.7. The zero-order valence-corrected chi connectivity index (χ0v) is 14.9. The molecule has 2 aromatic heterocycles. The Hall–Kier alpha value is -3.55. The van der Waals surface area contributed by atoms with Crippen molar-refractivity contribution in [3.8, 4) is 0 Å². The number of hydrogen-bond acceptors (Lipinski definition) is 5. The summed E-state index contributed by atoms with van der Waals surface area (Å²) < 4.78 is 12.6. The normalized spacial score (nSPS) is 20.4. The van der Waals surface area contributed by atoms with Gasteiger partial charge in [0.15, 0.2) is 6.10 Å². The summed E-state index contributed by atoms with van der Waals surface area (Å²) >= 11 is 0. The third-order valence-corrected chi connectivity index (χ3v) is 5.15. The molecule has 2 aliphatic rings. The predicted molar refractivity (Wildman–Crippen MR) is 98.1 cm³/mol. The third kappa shape index (κ3) is 2.74. The summed E-state index contributed by atoms with van der Waals surface area (Å²) in [5, 5.41) is 5.83. The Kier molecular flexibility index (Phi) is 3.89. The number of amides is 2. The van der Waals surface area contributed by atoms with Crippen molar-refractivity contribution >= 4 is 17.7 Å². The highest BCUT2D eigenvalue weighted by atomic mass is 16.6. The summed E-state index contributed by atoms with van der Waals surface area (Å²) in [7, 11) is 0. The molecule has 1 aliphatic carbocycles. The molecule has 1 aliphatic heterocycles. The second-order valence-electron chi connectivity index (χ2n) is 6.84. The number of fused-ring (bicyclic) bond motifs is 5. The fourth-order valence-electron chi connectivity index (χ4n) is 3.87. The molecular formula is C20H18N4O4. The van der Waals surface area contributed by atoms with E-state index in [1.54, 1.807) is 4.52 Å². The van der Waals surface area contributed by atoms with Crippen LogP contribution in [0, 0.1) is 0 Å². The van der Waals surface area contributed by atoms with Gasteiger partial charge in [-0.25, -0.2) is 24.5 Å². The van der Waals surface area contributed by atoms with E-state index >= 15 is 0 Å². The molecule has 0 radical (unpaired) electrons. The van der Waals surface area contributed by atoms with E-state index in [2.05, 4.69) is 10.5 Å². The number of ether oxygens (including phenoxy) is 2. The number of benzene rings is 1. The lowest BCUT2D eigenvalue weighted by Gasteiger charge is -2.27. The SMILES string of the molecule is O=C(NN1C(=O)O[C@@H]2c3c(nn4ccccc34)CC[C@@H]21)OCc1ccccc1. The average molecular weight is 378 g/mol. The Balaban J connectivity index is 1.33. The minimum Gasteiger partial charge on any atom is -0.443 e. The van der Waals surface area contributed by atoms with Crippen LogP contribution >= 0.6 is 0 Å². The van der Waals surface area contributed by atoms with Crippen molar-refractivity contribution in [3.63, 3.8) is 0 Å². The predicted octanol–water partition coefficient (Wildman–Crippen LogP) is 2.98. The molecule has 0 spiro atoms. The van der Waals surface area contributed by atoms with Gasteiger partial charge in [-0.15, -0.1) is 0 Å². The van der Waals surface area contributed by atoms with Crippen LogP contribution in [0.25, 0.3) is 5.52 Å². The number of rotatable bonds is 3. The molecule has 1 fully saturated rings. The summed E-state index contributed by atoms with van der Waals surface area (Å²) in [6, 6.07) is 14.8. The monoisotopic (exact) mass is 378 g/mol. The van der Waals surface area contributed by atoms with E-state index in [1.807, 2.05) is 54.7 Å². The zero-order valence-electron chi connectivity index (χ0n) is 14.9. The van der Waals surface area contributed by atoms with Crippen molar-refractivity contribution in [2.75, 3.05) is 0 Å². The number of hydrogen-bond donors (Lipinski definition) is 1. The van der Waals surface area contributed by atoms with Crippen LogP contribution in [0.5, 0.6) is 0 Å². The molecule has 1 saturated heterocycles. The highest BCUT2D eigenvalue weighted by Crippen LogP contribution is 2.41. The summed E-state index contributed by atoms with van der Waals surface area (Å²) in [5.74, 6) is 0. The highest BCUT2D eigenvalue weighted by Gasteiger charge is 2.48. The number of hydrazine groups is 1. The molecule has 0 unspecified atom stereocenters. The lowest BCUT2D eigenvalue weighted by atomic mass is 9.90. The molecule has 1 N–H and O–H groups in total. The smallest absolute Gasteiger partial charge is 0.429 e. The van der Waals surface area contributed by atoms with E-state index in [0.717, 1.165) is 22.3 Å². The molecule has 8 heteroatoms. The number of carbonyl (C=O) groups excluding carboxylic acids is 2. The first kappa shape index (κ1) is 16.6. The number of nitrogens with zero attached hydrogens (tertiary/aromatic N) is 3. The van der Waals surface area contributed by atoms with Crippen molar-refractivity contribution in [1.82, 2.24) is 20.0 Å². The zero-order chi connectivity index (χ0) is 19.1. The Labute approximate surface area is 160 Å². The van der Waals surface area contributed by atoms with Gasteiger partial charge in [0, 0.05) is 11.8 Å².